The molecule has 1 unspecified atom stereocenters. The van der Waals surface area contributed by atoms with Crippen LogP contribution in [0.3, 0.4) is 0 Å². The molecule has 0 radical (unpaired) electrons. The topological polar surface area (TPSA) is 186 Å². The van der Waals surface area contributed by atoms with Gasteiger partial charge in [0, 0.05) is 81.5 Å². The minimum Gasteiger partial charge on any atom is -0.469 e. The lowest BCUT2D eigenvalue weighted by molar-refractivity contribution is -0.136. The summed E-state index contributed by atoms with van der Waals surface area (Å²) in [6.07, 6.45) is 10.1. The average Bonchev–Trinajstić information content (AvgIpc) is 3.93. The van der Waals surface area contributed by atoms with Crippen molar-refractivity contribution in [1.29, 1.82) is 0 Å². The maximum Gasteiger partial charge on any atom is 0.278 e. The van der Waals surface area contributed by atoms with Gasteiger partial charge in [-0.2, -0.15) is 4.68 Å². The highest BCUT2D eigenvalue weighted by Gasteiger charge is 2.30. The number of rotatable bonds is 13. The SMILES string of the molecule is O=C1CCC(n2nnc3ccc(NCCCCCC(=O)N4CCN(c5ccc(-c6cnc(CCc7ccco7)n7cnnc67)cc5)CC4)cc3c2=O)C(=O)N1. The third-order valence-corrected chi connectivity index (χ3v) is 10.3. The molecule has 6 aromatic rings. The van der Waals surface area contributed by atoms with Crippen LogP contribution in [0.25, 0.3) is 27.7 Å². The molecule has 6 heterocycles. The van der Waals surface area contributed by atoms with Crippen molar-refractivity contribution in [3.05, 3.63) is 95.3 Å². The first-order chi connectivity index (χ1) is 26.9. The Morgan fingerprint density at radius 1 is 0.945 bits per heavy atom. The van der Waals surface area contributed by atoms with Gasteiger partial charge >= 0.3 is 0 Å². The van der Waals surface area contributed by atoms with Crippen molar-refractivity contribution in [3.63, 3.8) is 0 Å². The van der Waals surface area contributed by atoms with Crippen LogP contribution in [0, 0.1) is 0 Å². The molecule has 8 rings (SSSR count). The Balaban J connectivity index is 0.771. The fourth-order valence-electron chi connectivity index (χ4n) is 7.26. The second-order valence-electron chi connectivity index (χ2n) is 13.9. The number of carbonyl (C=O) groups excluding carboxylic acids is 3. The van der Waals surface area contributed by atoms with E-state index in [1.165, 1.54) is 0 Å². The van der Waals surface area contributed by atoms with Gasteiger partial charge in [-0.25, -0.2) is 4.98 Å². The summed E-state index contributed by atoms with van der Waals surface area (Å²) in [5, 5.41) is 22.5. The highest BCUT2D eigenvalue weighted by Crippen LogP contribution is 2.27. The van der Waals surface area contributed by atoms with Crippen LogP contribution in [-0.2, 0) is 27.2 Å². The average molecular weight is 744 g/mol. The summed E-state index contributed by atoms with van der Waals surface area (Å²) in [5.41, 5.74) is 4.57. The second-order valence-corrected chi connectivity index (χ2v) is 13.9. The van der Waals surface area contributed by atoms with Gasteiger partial charge in [-0.3, -0.25) is 28.9 Å². The highest BCUT2D eigenvalue weighted by molar-refractivity contribution is 5.99. The maximum atomic E-state index is 13.2. The molecular weight excluding hydrogens is 703 g/mol. The maximum absolute atomic E-state index is 13.2. The van der Waals surface area contributed by atoms with Crippen molar-refractivity contribution in [2.24, 2.45) is 0 Å². The predicted octanol–water partition coefficient (Wildman–Crippen LogP) is 3.57. The zero-order chi connectivity index (χ0) is 37.7. The number of fused-ring (bicyclic) bond motifs is 2. The quantitative estimate of drug-likeness (QED) is 0.130. The van der Waals surface area contributed by atoms with Crippen molar-refractivity contribution in [2.45, 2.75) is 57.4 Å². The molecule has 0 bridgehead atoms. The summed E-state index contributed by atoms with van der Waals surface area (Å²) in [7, 11) is 0. The molecule has 55 heavy (non-hydrogen) atoms. The van der Waals surface area contributed by atoms with Crippen molar-refractivity contribution in [3.8, 4) is 11.1 Å². The van der Waals surface area contributed by atoms with Crippen molar-refractivity contribution < 1.29 is 18.8 Å². The number of imide groups is 1. The zero-order valence-electron chi connectivity index (χ0n) is 30.3. The Labute approximate surface area is 315 Å². The molecule has 2 N–H and O–H groups in total. The Morgan fingerprint density at radius 2 is 1.80 bits per heavy atom. The van der Waals surface area contributed by atoms with Crippen LogP contribution in [0.2, 0.25) is 0 Å². The first-order valence-corrected chi connectivity index (χ1v) is 18.7. The number of piperidine rings is 1. The number of aromatic nitrogens is 7. The molecule has 2 fully saturated rings. The van der Waals surface area contributed by atoms with Crippen LogP contribution in [0.15, 0.2) is 82.6 Å². The number of carbonyl (C=O) groups is 3. The molecule has 1 atom stereocenters. The molecule has 2 aromatic carbocycles. The van der Waals surface area contributed by atoms with Crippen LogP contribution < -0.4 is 21.1 Å². The van der Waals surface area contributed by atoms with E-state index in [4.69, 9.17) is 9.40 Å². The Hall–Kier alpha value is -6.45. The number of piperazine rings is 1. The van der Waals surface area contributed by atoms with E-state index in [2.05, 4.69) is 60.3 Å². The van der Waals surface area contributed by atoms with Gasteiger partial charge in [0.15, 0.2) is 5.65 Å². The first kappa shape index (κ1) is 35.6. The van der Waals surface area contributed by atoms with E-state index in [0.717, 1.165) is 83.2 Å². The minimum atomic E-state index is -0.867. The molecule has 0 spiro atoms. The fourth-order valence-corrected chi connectivity index (χ4v) is 7.26. The number of amides is 3. The highest BCUT2D eigenvalue weighted by atomic mass is 16.3. The third kappa shape index (κ3) is 7.79. The third-order valence-electron chi connectivity index (χ3n) is 10.3. The molecule has 282 valence electrons. The van der Waals surface area contributed by atoms with E-state index >= 15 is 0 Å². The van der Waals surface area contributed by atoms with E-state index in [1.54, 1.807) is 24.7 Å². The first-order valence-electron chi connectivity index (χ1n) is 18.7. The number of hydrogen-bond acceptors (Lipinski definition) is 12. The summed E-state index contributed by atoms with van der Waals surface area (Å²) in [5.74, 6) is 1.07. The lowest BCUT2D eigenvalue weighted by atomic mass is 10.1. The van der Waals surface area contributed by atoms with Gasteiger partial charge in [-0.05, 0) is 67.3 Å². The van der Waals surface area contributed by atoms with Gasteiger partial charge < -0.3 is 19.5 Å². The van der Waals surface area contributed by atoms with E-state index in [-0.39, 0.29) is 24.7 Å². The van der Waals surface area contributed by atoms with Crippen LogP contribution in [0.4, 0.5) is 11.4 Å². The number of nitrogens with zero attached hydrogens (tertiary/aromatic N) is 9. The molecule has 16 heteroatoms. The number of furan rings is 1. The number of hydrogen-bond donors (Lipinski definition) is 2. The zero-order valence-corrected chi connectivity index (χ0v) is 30.3. The standard InChI is InChI=1S/C39H41N11O5/c51-35-16-14-33(38(53)43-35)50-39(54)30-23-27(9-13-32(30)44-46-50)40-17-3-1-2-6-36(52)48-20-18-47(19-21-48)28-10-7-26(8-11-28)31-24-41-34(49-25-42-45-37(31)49)15-12-29-5-4-22-55-29/h4-5,7-11,13,22-25,33,40H,1-3,6,12,14-21H2,(H,43,51,53). The van der Waals surface area contributed by atoms with Crippen molar-refractivity contribution >= 4 is 45.6 Å². The summed E-state index contributed by atoms with van der Waals surface area (Å²) in [6.45, 7) is 3.58. The summed E-state index contributed by atoms with van der Waals surface area (Å²) < 4.78 is 8.47. The molecule has 2 aliphatic rings. The van der Waals surface area contributed by atoms with Gasteiger partial charge in [-0.15, -0.1) is 15.3 Å². The number of unbranched alkanes of at least 4 members (excludes halogenated alkanes) is 2. The van der Waals surface area contributed by atoms with Gasteiger partial charge in [0.1, 0.15) is 29.5 Å². The molecule has 3 amide bonds. The molecule has 2 aliphatic heterocycles. The molecule has 16 nitrogen and oxygen atoms in total. The summed E-state index contributed by atoms with van der Waals surface area (Å²) >= 11 is 0. The van der Waals surface area contributed by atoms with Gasteiger partial charge in [-0.1, -0.05) is 23.8 Å². The van der Waals surface area contributed by atoms with E-state index in [0.29, 0.717) is 43.4 Å². The predicted molar refractivity (Wildman–Crippen MR) is 203 cm³/mol. The fraction of sp³-hybridized carbons (Fsp3) is 0.359. The van der Waals surface area contributed by atoms with Crippen LogP contribution in [-0.4, -0.2) is 89.9 Å². The summed E-state index contributed by atoms with van der Waals surface area (Å²) in [6, 6.07) is 16.6. The van der Waals surface area contributed by atoms with E-state index in [9.17, 15) is 19.2 Å². The van der Waals surface area contributed by atoms with Crippen molar-refractivity contribution in [2.75, 3.05) is 42.9 Å². The van der Waals surface area contributed by atoms with Crippen LogP contribution in [0.1, 0.15) is 56.2 Å². The van der Waals surface area contributed by atoms with Gasteiger partial charge in [0.05, 0.1) is 11.6 Å². The van der Waals surface area contributed by atoms with E-state index in [1.807, 2.05) is 33.7 Å². The lowest BCUT2D eigenvalue weighted by Crippen LogP contribution is -2.48. The number of nitrogens with one attached hydrogen (secondary N) is 2. The van der Waals surface area contributed by atoms with Crippen molar-refractivity contribution in [1.82, 2.24) is 44.8 Å². The number of aryl methyl sites for hydroxylation is 2. The lowest BCUT2D eigenvalue weighted by Gasteiger charge is -2.36. The molecular formula is C39H41N11O5. The Morgan fingerprint density at radius 3 is 2.60 bits per heavy atom. The smallest absolute Gasteiger partial charge is 0.278 e. The summed E-state index contributed by atoms with van der Waals surface area (Å²) in [4.78, 5) is 59.0. The van der Waals surface area contributed by atoms with Crippen LogP contribution >= 0.6 is 0 Å². The Bertz CT molecular complexity index is 2380. The van der Waals surface area contributed by atoms with Gasteiger partial charge in [0.25, 0.3) is 11.5 Å². The largest absolute Gasteiger partial charge is 0.469 e. The Kier molecular flexibility index (Phi) is 10.3. The molecule has 4 aromatic heterocycles. The second kappa shape index (κ2) is 15.9. The number of anilines is 2. The molecule has 2 saturated heterocycles. The molecule has 0 saturated carbocycles. The van der Waals surface area contributed by atoms with Gasteiger partial charge in [0.2, 0.25) is 11.8 Å². The minimum absolute atomic E-state index is 0.141. The normalized spacial score (nSPS) is 16.2. The monoisotopic (exact) mass is 743 g/mol. The number of benzene rings is 2. The van der Waals surface area contributed by atoms with Crippen LogP contribution in [0.5, 0.6) is 0 Å². The van der Waals surface area contributed by atoms with E-state index < -0.39 is 17.5 Å². The molecule has 0 aliphatic carbocycles.